The minimum Gasteiger partial charge on any atom is -0.0751 e. The van der Waals surface area contributed by atoms with Crippen LogP contribution in [0.3, 0.4) is 0 Å². The molecule has 0 amide bonds. The van der Waals surface area contributed by atoms with Gasteiger partial charge in [-0.05, 0) is 81.0 Å². The third-order valence-corrected chi connectivity index (χ3v) is 9.56. The molecule has 0 saturated carbocycles. The van der Waals surface area contributed by atoms with E-state index in [4.69, 9.17) is 0 Å². The molecule has 2 aliphatic rings. The first-order chi connectivity index (χ1) is 19.7. The van der Waals surface area contributed by atoms with E-state index < -0.39 is 0 Å². The van der Waals surface area contributed by atoms with Crippen LogP contribution in [0.1, 0.15) is 75.8 Å². The van der Waals surface area contributed by atoms with Crippen molar-refractivity contribution in [2.75, 3.05) is 0 Å². The van der Waals surface area contributed by atoms with Crippen LogP contribution in [0.4, 0.5) is 0 Å². The number of fused-ring (bicyclic) bond motifs is 4. The van der Waals surface area contributed by atoms with Gasteiger partial charge in [-0.25, -0.2) is 0 Å². The first-order valence-corrected chi connectivity index (χ1v) is 14.8. The molecule has 5 aromatic rings. The van der Waals surface area contributed by atoms with Gasteiger partial charge in [0.25, 0.3) is 0 Å². The Kier molecular flexibility index (Phi) is 6.08. The van der Waals surface area contributed by atoms with E-state index in [0.29, 0.717) is 0 Å². The van der Waals surface area contributed by atoms with Crippen molar-refractivity contribution in [3.05, 3.63) is 171 Å². The quantitative estimate of drug-likeness (QED) is 0.211. The summed E-state index contributed by atoms with van der Waals surface area (Å²) >= 11 is 0. The van der Waals surface area contributed by atoms with E-state index >= 15 is 0 Å². The molecule has 40 heavy (non-hydrogen) atoms. The van der Waals surface area contributed by atoms with Gasteiger partial charge >= 0.3 is 0 Å². The third kappa shape index (κ3) is 3.59. The van der Waals surface area contributed by atoms with Gasteiger partial charge in [0.1, 0.15) is 0 Å². The Morgan fingerprint density at radius 1 is 0.575 bits per heavy atom. The van der Waals surface area contributed by atoms with E-state index in [2.05, 4.69) is 148 Å². The van der Waals surface area contributed by atoms with Crippen LogP contribution in [0, 0.1) is 6.92 Å². The fourth-order valence-corrected chi connectivity index (χ4v) is 7.65. The van der Waals surface area contributed by atoms with Crippen LogP contribution >= 0.6 is 0 Å². The summed E-state index contributed by atoms with van der Waals surface area (Å²) in [7, 11) is 0. The van der Waals surface area contributed by atoms with Crippen molar-refractivity contribution < 1.29 is 0 Å². The number of benzene rings is 5. The highest BCUT2D eigenvalue weighted by Gasteiger charge is 2.53. The van der Waals surface area contributed by atoms with Gasteiger partial charge in [-0.2, -0.15) is 0 Å². The Balaban J connectivity index is 1.64. The van der Waals surface area contributed by atoms with Gasteiger partial charge in [0.05, 0.1) is 0 Å². The van der Waals surface area contributed by atoms with Gasteiger partial charge in [0.2, 0.25) is 0 Å². The lowest BCUT2D eigenvalue weighted by molar-refractivity contribution is 0.416. The molecule has 0 aromatic heterocycles. The summed E-state index contributed by atoms with van der Waals surface area (Å²) < 4.78 is 0. The molecule has 1 unspecified atom stereocenters. The molecule has 0 saturated heterocycles. The zero-order chi connectivity index (χ0) is 27.3. The van der Waals surface area contributed by atoms with Crippen LogP contribution in [-0.2, 0) is 18.3 Å². The number of aryl methyl sites for hydroxylation is 3. The third-order valence-electron chi connectivity index (χ3n) is 9.56. The second kappa shape index (κ2) is 9.79. The molecule has 5 aromatic carbocycles. The first-order valence-electron chi connectivity index (χ1n) is 14.8. The molecule has 196 valence electrons. The maximum absolute atomic E-state index is 2.52. The number of allylic oxidation sites excluding steroid dienone is 1. The van der Waals surface area contributed by atoms with Gasteiger partial charge in [0, 0.05) is 17.3 Å². The van der Waals surface area contributed by atoms with Crippen molar-refractivity contribution in [2.45, 2.75) is 50.9 Å². The Morgan fingerprint density at radius 2 is 1.12 bits per heavy atom. The smallest absolute Gasteiger partial charge is 0.0415 e. The first kappa shape index (κ1) is 24.9. The molecule has 0 heteroatoms. The highest BCUT2D eigenvalue weighted by Crippen LogP contribution is 2.63. The summed E-state index contributed by atoms with van der Waals surface area (Å²) in [4.78, 5) is 0. The summed E-state index contributed by atoms with van der Waals surface area (Å²) in [6.07, 6.45) is 6.96. The van der Waals surface area contributed by atoms with Crippen LogP contribution in [0.2, 0.25) is 0 Å². The molecule has 0 nitrogen and oxygen atoms in total. The zero-order valence-corrected chi connectivity index (χ0v) is 23.7. The lowest BCUT2D eigenvalue weighted by Crippen LogP contribution is -2.40. The van der Waals surface area contributed by atoms with Crippen molar-refractivity contribution in [1.82, 2.24) is 0 Å². The highest BCUT2D eigenvalue weighted by atomic mass is 14.5. The second-order valence-electron chi connectivity index (χ2n) is 11.5. The standard InChI is InChI=1S/C40H36/c1-4-28-19-21-33-34-22-20-29(5-2)26-37(34)39(36(33)25-28)40(30-14-8-6-9-15-30,31-16-10-7-11-17-31)38-24-23-32-27(3)13-12-18-35(32)38/h6-26,38-39H,4-5H2,1-3H3. The zero-order valence-electron chi connectivity index (χ0n) is 23.7. The van der Waals surface area contributed by atoms with Crippen LogP contribution < -0.4 is 0 Å². The summed E-state index contributed by atoms with van der Waals surface area (Å²) in [5, 5.41) is 0. The fourth-order valence-electron chi connectivity index (χ4n) is 7.65. The number of rotatable bonds is 6. The molecule has 0 fully saturated rings. The normalized spacial score (nSPS) is 15.6. The molecular weight excluding hydrogens is 480 g/mol. The van der Waals surface area contributed by atoms with E-state index in [0.717, 1.165) is 12.8 Å². The molecule has 1 atom stereocenters. The maximum atomic E-state index is 2.52. The number of hydrogen-bond acceptors (Lipinski definition) is 0. The van der Waals surface area contributed by atoms with E-state index in [9.17, 15) is 0 Å². The van der Waals surface area contributed by atoms with Crippen LogP contribution in [0.5, 0.6) is 0 Å². The monoisotopic (exact) mass is 516 g/mol. The maximum Gasteiger partial charge on any atom is 0.0415 e. The van der Waals surface area contributed by atoms with Crippen LogP contribution in [-0.4, -0.2) is 0 Å². The predicted molar refractivity (Wildman–Crippen MR) is 169 cm³/mol. The van der Waals surface area contributed by atoms with E-state index in [1.54, 1.807) is 0 Å². The number of hydrogen-bond donors (Lipinski definition) is 0. The molecule has 0 aliphatic heterocycles. The SMILES string of the molecule is CCc1ccc2c(c1)C(C(c1ccccc1)(c1ccccc1)C1C=Cc3c(C)cccc31)c1cc(CC)ccc1-2. The van der Waals surface area contributed by atoms with Gasteiger partial charge in [-0.15, -0.1) is 0 Å². The Bertz CT molecular complexity index is 1630. The molecule has 0 radical (unpaired) electrons. The van der Waals surface area contributed by atoms with E-state index in [-0.39, 0.29) is 17.3 Å². The minimum absolute atomic E-state index is 0.168. The summed E-state index contributed by atoms with van der Waals surface area (Å²) in [5.41, 5.74) is 15.1. The van der Waals surface area contributed by atoms with Crippen molar-refractivity contribution in [3.8, 4) is 11.1 Å². The topological polar surface area (TPSA) is 0 Å². The second-order valence-corrected chi connectivity index (χ2v) is 11.5. The lowest BCUT2D eigenvalue weighted by Gasteiger charge is -2.46. The predicted octanol–water partition coefficient (Wildman–Crippen LogP) is 10.0. The van der Waals surface area contributed by atoms with Crippen molar-refractivity contribution >= 4 is 6.08 Å². The van der Waals surface area contributed by atoms with Crippen molar-refractivity contribution in [1.29, 1.82) is 0 Å². The Labute approximate surface area is 239 Å². The fraction of sp³-hybridized carbons (Fsp3) is 0.200. The highest BCUT2D eigenvalue weighted by molar-refractivity contribution is 5.82. The van der Waals surface area contributed by atoms with Gasteiger partial charge in [-0.1, -0.05) is 141 Å². The molecule has 7 rings (SSSR count). The van der Waals surface area contributed by atoms with Crippen molar-refractivity contribution in [2.24, 2.45) is 0 Å². The Morgan fingerprint density at radius 3 is 1.65 bits per heavy atom. The van der Waals surface area contributed by atoms with Gasteiger partial charge in [0.15, 0.2) is 0 Å². The molecule has 0 heterocycles. The Hall–Kier alpha value is -4.16. The summed E-state index contributed by atoms with van der Waals surface area (Å²) in [6.45, 7) is 6.79. The van der Waals surface area contributed by atoms with Crippen LogP contribution in [0.25, 0.3) is 17.2 Å². The van der Waals surface area contributed by atoms with Crippen LogP contribution in [0.15, 0.2) is 121 Å². The molecule has 0 spiro atoms. The molecule has 0 bridgehead atoms. The van der Waals surface area contributed by atoms with Crippen molar-refractivity contribution in [3.63, 3.8) is 0 Å². The molecule has 2 aliphatic carbocycles. The lowest BCUT2D eigenvalue weighted by atomic mass is 9.55. The van der Waals surface area contributed by atoms with Gasteiger partial charge < -0.3 is 0 Å². The minimum atomic E-state index is -0.337. The van der Waals surface area contributed by atoms with E-state index in [1.165, 1.54) is 61.2 Å². The average Bonchev–Trinajstić information content (AvgIpc) is 3.59. The molecular formula is C40H36. The van der Waals surface area contributed by atoms with E-state index in [1.807, 2.05) is 0 Å². The molecule has 0 N–H and O–H groups in total. The largest absolute Gasteiger partial charge is 0.0751 e. The average molecular weight is 517 g/mol. The van der Waals surface area contributed by atoms with Gasteiger partial charge in [-0.3, -0.25) is 0 Å². The summed E-state index contributed by atoms with van der Waals surface area (Å²) in [6, 6.07) is 44.1. The summed E-state index contributed by atoms with van der Waals surface area (Å²) in [5.74, 6) is 0.355.